The van der Waals surface area contributed by atoms with E-state index in [1.54, 1.807) is 12.3 Å². The van der Waals surface area contributed by atoms with Crippen LogP contribution in [0.2, 0.25) is 0 Å². The molecule has 59 valence electrons. The molecule has 0 amide bonds. The molecule has 0 fully saturated rings. The standard InChI is InChI=1S/C9H9N2.Y/c1-7(2)8-4-5-9(10-3)11-6-8;/h5-7H,1-2H3;/q-1;. The summed E-state index contributed by atoms with van der Waals surface area (Å²) < 4.78 is 0. The molecule has 1 radical (unpaired) electrons. The van der Waals surface area contributed by atoms with Gasteiger partial charge in [-0.3, -0.25) is 0 Å². The Morgan fingerprint density at radius 1 is 1.58 bits per heavy atom. The number of hydrogen-bond acceptors (Lipinski definition) is 1. The van der Waals surface area contributed by atoms with Gasteiger partial charge in [0, 0.05) is 38.9 Å². The van der Waals surface area contributed by atoms with Crippen molar-refractivity contribution in [2.45, 2.75) is 19.8 Å². The second kappa shape index (κ2) is 5.40. The molecule has 1 aromatic rings. The summed E-state index contributed by atoms with van der Waals surface area (Å²) >= 11 is 0. The van der Waals surface area contributed by atoms with E-state index >= 15 is 0 Å². The van der Waals surface area contributed by atoms with Crippen LogP contribution >= 0.6 is 0 Å². The minimum absolute atomic E-state index is 0. The van der Waals surface area contributed by atoms with Crippen LogP contribution in [0.3, 0.4) is 0 Å². The van der Waals surface area contributed by atoms with Crippen molar-refractivity contribution in [3.05, 3.63) is 35.3 Å². The number of hydrogen-bond donors (Lipinski definition) is 0. The fraction of sp³-hybridized carbons (Fsp3) is 0.333. The van der Waals surface area contributed by atoms with Crippen LogP contribution in [0, 0.1) is 12.6 Å². The van der Waals surface area contributed by atoms with Crippen molar-refractivity contribution in [2.75, 3.05) is 0 Å². The molecule has 0 aromatic carbocycles. The Labute approximate surface area is 98.1 Å². The van der Waals surface area contributed by atoms with Crippen LogP contribution < -0.4 is 0 Å². The molecule has 0 saturated heterocycles. The summed E-state index contributed by atoms with van der Waals surface area (Å²) in [5, 5.41) is 0. The Bertz CT molecular complexity index is 272. The Hall–Kier alpha value is -0.256. The van der Waals surface area contributed by atoms with Gasteiger partial charge in [0.15, 0.2) is 0 Å². The summed E-state index contributed by atoms with van der Waals surface area (Å²) in [6, 6.07) is 4.64. The Morgan fingerprint density at radius 3 is 2.58 bits per heavy atom. The summed E-state index contributed by atoms with van der Waals surface area (Å²) in [4.78, 5) is 7.11. The van der Waals surface area contributed by atoms with Crippen LogP contribution in [0.15, 0.2) is 12.3 Å². The molecule has 12 heavy (non-hydrogen) atoms. The quantitative estimate of drug-likeness (QED) is 0.682. The van der Waals surface area contributed by atoms with Gasteiger partial charge in [-0.1, -0.05) is 26.5 Å². The fourth-order valence-corrected chi connectivity index (χ4v) is 0.735. The van der Waals surface area contributed by atoms with Crippen molar-refractivity contribution in [1.82, 2.24) is 4.98 Å². The summed E-state index contributed by atoms with van der Waals surface area (Å²) in [5.41, 5.74) is 1.05. The van der Waals surface area contributed by atoms with Crippen molar-refractivity contribution < 1.29 is 32.7 Å². The molecule has 0 aliphatic rings. The zero-order valence-electron chi connectivity index (χ0n) is 7.20. The van der Waals surface area contributed by atoms with E-state index in [-0.39, 0.29) is 32.7 Å². The molecule has 3 heteroatoms. The molecular formula is C9H9N2Y-. The van der Waals surface area contributed by atoms with Gasteiger partial charge in [0.05, 0.1) is 0 Å². The summed E-state index contributed by atoms with van der Waals surface area (Å²) in [6.45, 7) is 10.8. The smallest absolute Gasteiger partial charge is 0.291 e. The second-order valence-electron chi connectivity index (χ2n) is 2.63. The zero-order chi connectivity index (χ0) is 8.27. The van der Waals surface area contributed by atoms with Gasteiger partial charge < -0.3 is 4.85 Å². The van der Waals surface area contributed by atoms with Gasteiger partial charge in [0.2, 0.25) is 0 Å². The number of nitrogens with zero attached hydrogens (tertiary/aromatic N) is 2. The van der Waals surface area contributed by atoms with E-state index in [0.717, 1.165) is 5.56 Å². The first-order valence-electron chi connectivity index (χ1n) is 3.49. The molecule has 0 aliphatic carbocycles. The second-order valence-corrected chi connectivity index (χ2v) is 2.63. The SMILES string of the molecule is [C-]#[N+]c1c[c-]c(C(C)C)cn1.[Y]. The first kappa shape index (κ1) is 11.7. The van der Waals surface area contributed by atoms with Gasteiger partial charge in [-0.15, -0.1) is 5.56 Å². The molecule has 0 saturated carbocycles. The van der Waals surface area contributed by atoms with Crippen LogP contribution in [0.4, 0.5) is 5.82 Å². The molecule has 2 nitrogen and oxygen atoms in total. The number of aromatic nitrogens is 1. The van der Waals surface area contributed by atoms with Crippen LogP contribution in [-0.4, -0.2) is 4.98 Å². The largest absolute Gasteiger partial charge is 0.333 e. The maximum Gasteiger partial charge on any atom is 0.291 e. The van der Waals surface area contributed by atoms with Crippen LogP contribution in [0.1, 0.15) is 25.3 Å². The van der Waals surface area contributed by atoms with E-state index in [9.17, 15) is 0 Å². The fourth-order valence-electron chi connectivity index (χ4n) is 0.735. The van der Waals surface area contributed by atoms with Crippen LogP contribution in [0.5, 0.6) is 0 Å². The van der Waals surface area contributed by atoms with Gasteiger partial charge >= 0.3 is 0 Å². The van der Waals surface area contributed by atoms with E-state index in [0.29, 0.717) is 11.7 Å². The van der Waals surface area contributed by atoms with Crippen molar-refractivity contribution in [3.8, 4) is 0 Å². The topological polar surface area (TPSA) is 17.2 Å². The molecule has 0 spiro atoms. The van der Waals surface area contributed by atoms with Gasteiger partial charge in [-0.25, -0.2) is 0 Å². The average molecular weight is 234 g/mol. The van der Waals surface area contributed by atoms with Crippen molar-refractivity contribution in [2.24, 2.45) is 0 Å². The normalized spacial score (nSPS) is 8.83. The summed E-state index contributed by atoms with van der Waals surface area (Å²) in [5.74, 6) is 0.844. The number of rotatable bonds is 1. The van der Waals surface area contributed by atoms with Crippen molar-refractivity contribution in [3.63, 3.8) is 0 Å². The molecule has 0 aliphatic heterocycles. The minimum Gasteiger partial charge on any atom is -0.333 e. The molecule has 1 aromatic heterocycles. The van der Waals surface area contributed by atoms with E-state index in [1.165, 1.54) is 0 Å². The predicted octanol–water partition coefficient (Wildman–Crippen LogP) is 2.55. The van der Waals surface area contributed by atoms with E-state index < -0.39 is 0 Å². The third-order valence-corrected chi connectivity index (χ3v) is 1.44. The molecule has 0 unspecified atom stereocenters. The van der Waals surface area contributed by atoms with Crippen molar-refractivity contribution >= 4 is 5.82 Å². The first-order valence-corrected chi connectivity index (χ1v) is 3.49. The monoisotopic (exact) mass is 234 g/mol. The van der Waals surface area contributed by atoms with E-state index in [2.05, 4.69) is 29.7 Å². The van der Waals surface area contributed by atoms with Gasteiger partial charge in [0.1, 0.15) is 0 Å². The van der Waals surface area contributed by atoms with Gasteiger partial charge in [-0.2, -0.15) is 11.1 Å². The molecular weight excluding hydrogens is 225 g/mol. The molecule has 0 N–H and O–H groups in total. The molecule has 0 atom stereocenters. The maximum absolute atomic E-state index is 6.66. The Morgan fingerprint density at radius 2 is 2.25 bits per heavy atom. The van der Waals surface area contributed by atoms with E-state index in [1.807, 2.05) is 0 Å². The Balaban J connectivity index is 0.00000121. The Kier molecular flexibility index (Phi) is 5.28. The van der Waals surface area contributed by atoms with Crippen LogP contribution in [0.25, 0.3) is 4.85 Å². The third-order valence-electron chi connectivity index (χ3n) is 1.44. The molecule has 1 heterocycles. The summed E-state index contributed by atoms with van der Waals surface area (Å²) in [6.07, 6.45) is 1.71. The summed E-state index contributed by atoms with van der Waals surface area (Å²) in [7, 11) is 0. The van der Waals surface area contributed by atoms with Gasteiger partial charge in [0.25, 0.3) is 5.82 Å². The number of pyridine rings is 1. The van der Waals surface area contributed by atoms with Crippen molar-refractivity contribution in [1.29, 1.82) is 0 Å². The third kappa shape index (κ3) is 3.01. The molecule has 1 rings (SSSR count). The zero-order valence-corrected chi connectivity index (χ0v) is 10.0. The average Bonchev–Trinajstić information content (AvgIpc) is 2.05. The predicted molar refractivity (Wildman–Crippen MR) is 43.4 cm³/mol. The first-order chi connectivity index (χ1) is 5.24. The van der Waals surface area contributed by atoms with Gasteiger partial charge in [-0.05, 0) is 5.92 Å². The van der Waals surface area contributed by atoms with Crippen LogP contribution in [-0.2, 0) is 32.7 Å². The molecule has 0 bridgehead atoms. The van der Waals surface area contributed by atoms with E-state index in [4.69, 9.17) is 6.57 Å². The minimum atomic E-state index is 0. The maximum atomic E-state index is 6.66.